The molecule has 0 amide bonds. The van der Waals surface area contributed by atoms with Gasteiger partial charge in [0.15, 0.2) is 0 Å². The predicted octanol–water partition coefficient (Wildman–Crippen LogP) is -3.85. The third kappa shape index (κ3) is 10.9. The number of benzene rings is 3. The van der Waals surface area contributed by atoms with Crippen LogP contribution in [0.15, 0.2) is 80.4 Å². The molecule has 187 valence electrons. The Morgan fingerprint density at radius 2 is 1.05 bits per heavy atom. The van der Waals surface area contributed by atoms with Crippen LogP contribution in [0.1, 0.15) is 22.3 Å². The number of phenols is 2. The number of aromatic hydroxyl groups is 2. The van der Waals surface area contributed by atoms with Crippen molar-refractivity contribution in [2.45, 2.75) is 22.9 Å². The molecule has 15 heteroatoms. The Bertz CT molecular complexity index is 1390. The van der Waals surface area contributed by atoms with Crippen molar-refractivity contribution in [1.29, 1.82) is 0 Å². The molecule has 0 atom stereocenters. The molecule has 1 radical (unpaired) electrons. The fourth-order valence-corrected chi connectivity index (χ4v) is 3.92. The van der Waals surface area contributed by atoms with Gasteiger partial charge in [0.2, 0.25) is 0 Å². The minimum atomic E-state index is -4.66. The number of hydrogen-bond donors (Lipinski definition) is 2. The Kier molecular flexibility index (Phi) is 15.1. The largest absolute Gasteiger partial charge is 1.00 e. The zero-order chi connectivity index (χ0) is 24.9. The molecular weight excluding hydrogens is 589 g/mol. The summed E-state index contributed by atoms with van der Waals surface area (Å²) in [6, 6.07) is 13.4. The van der Waals surface area contributed by atoms with Crippen LogP contribution in [-0.2, 0) is 50.1 Å². The quantitative estimate of drug-likeness (QED) is 0.148. The van der Waals surface area contributed by atoms with Crippen molar-refractivity contribution in [1.82, 2.24) is 0 Å². The van der Waals surface area contributed by atoms with Gasteiger partial charge in [-0.15, -0.1) is 0 Å². The van der Waals surface area contributed by atoms with Crippen molar-refractivity contribution in [3.63, 3.8) is 0 Å². The van der Waals surface area contributed by atoms with Gasteiger partial charge in [-0.2, -0.15) is 0 Å². The summed E-state index contributed by atoms with van der Waals surface area (Å²) >= 11 is 0. The normalized spacial score (nSPS) is 11.5. The first-order chi connectivity index (χ1) is 15.9. The molecule has 0 aliphatic heterocycles. The molecule has 0 unspecified atom stereocenters. The van der Waals surface area contributed by atoms with Crippen molar-refractivity contribution < 1.29 is 112 Å². The van der Waals surface area contributed by atoms with Gasteiger partial charge in [0.05, 0.1) is 22.9 Å². The Balaban J connectivity index is 0.00000432. The second-order valence-corrected chi connectivity index (χ2v) is 9.87. The van der Waals surface area contributed by atoms with Crippen LogP contribution in [0.5, 0.6) is 11.5 Å². The van der Waals surface area contributed by atoms with Gasteiger partial charge < -0.3 is 19.3 Å². The summed E-state index contributed by atoms with van der Waals surface area (Å²) in [5.41, 5.74) is 1.72. The fraction of sp³-hybridized carbons (Fsp3) is 0.0909. The van der Waals surface area contributed by atoms with E-state index in [1.54, 1.807) is 24.3 Å². The molecule has 2 N–H and O–H groups in total. The maximum atomic E-state index is 11.1. The zero-order valence-corrected chi connectivity index (χ0v) is 26.4. The van der Waals surface area contributed by atoms with Crippen LogP contribution in [0.4, 0.5) is 0 Å². The van der Waals surface area contributed by atoms with Crippen molar-refractivity contribution >= 4 is 32.7 Å². The van der Waals surface area contributed by atoms with E-state index in [0.717, 1.165) is 47.5 Å². The topological polar surface area (TPSA) is 180 Å². The van der Waals surface area contributed by atoms with Gasteiger partial charge in [-0.05, 0) is 47.5 Å². The van der Waals surface area contributed by atoms with Crippen LogP contribution < -0.4 is 59.1 Å². The van der Waals surface area contributed by atoms with E-state index < -0.39 is 30.0 Å². The molecule has 37 heavy (non-hydrogen) atoms. The summed E-state index contributed by atoms with van der Waals surface area (Å²) in [4.78, 5) is 7.39. The molecule has 0 aromatic heterocycles. The summed E-state index contributed by atoms with van der Waals surface area (Å²) in [6.45, 7) is 0.380. The molecular formula is C22H18CoN2Na2O8S2. The van der Waals surface area contributed by atoms with Crippen LogP contribution in [0.2, 0.25) is 0 Å². The summed E-state index contributed by atoms with van der Waals surface area (Å²) in [5.74, 6) is -0.451. The molecule has 0 aliphatic rings. The van der Waals surface area contributed by atoms with Gasteiger partial charge >= 0.3 is 59.1 Å². The van der Waals surface area contributed by atoms with Gasteiger partial charge in [-0.3, -0.25) is 9.98 Å². The molecule has 0 fully saturated rings. The minimum Gasteiger partial charge on any atom is -0.744 e. The van der Waals surface area contributed by atoms with Crippen LogP contribution in [0, 0.1) is 0 Å². The monoisotopic (exact) mass is 607 g/mol. The first-order valence-corrected chi connectivity index (χ1v) is 12.4. The van der Waals surface area contributed by atoms with Crippen molar-refractivity contribution in [2.24, 2.45) is 9.98 Å². The van der Waals surface area contributed by atoms with Crippen LogP contribution in [0.25, 0.3) is 0 Å². The van der Waals surface area contributed by atoms with Gasteiger partial charge in [-0.25, -0.2) is 16.8 Å². The number of hydrogen-bond acceptors (Lipinski definition) is 10. The first kappa shape index (κ1) is 35.9. The van der Waals surface area contributed by atoms with Crippen LogP contribution in [-0.4, -0.2) is 48.6 Å². The molecule has 0 saturated heterocycles. The van der Waals surface area contributed by atoms with Gasteiger partial charge in [0, 0.05) is 40.3 Å². The van der Waals surface area contributed by atoms with E-state index in [1.165, 1.54) is 12.4 Å². The first-order valence-electron chi connectivity index (χ1n) is 9.59. The van der Waals surface area contributed by atoms with Gasteiger partial charge in [0.25, 0.3) is 0 Å². The second-order valence-electron chi connectivity index (χ2n) is 7.11. The SMILES string of the molecule is O=S(=O)([O-])c1ccc(O)c(C=NCc2cccc(CN=Cc3cc(S(=O)(=O)[O-])ccc3O)c2)c1.[Co].[Na+].[Na+]. The van der Waals surface area contributed by atoms with Crippen molar-refractivity contribution in [2.75, 3.05) is 0 Å². The Labute approximate surface area is 269 Å². The average molecular weight is 607 g/mol. The molecule has 0 bridgehead atoms. The van der Waals surface area contributed by atoms with Crippen molar-refractivity contribution in [3.8, 4) is 11.5 Å². The molecule has 3 rings (SSSR count). The molecule has 3 aromatic carbocycles. The number of nitrogens with zero attached hydrogens (tertiary/aromatic N) is 2. The van der Waals surface area contributed by atoms with E-state index >= 15 is 0 Å². The minimum absolute atomic E-state index is 0. The molecule has 3 aromatic rings. The molecule has 0 aliphatic carbocycles. The maximum Gasteiger partial charge on any atom is 1.00 e. The number of rotatable bonds is 8. The molecule has 10 nitrogen and oxygen atoms in total. The number of phenolic OH excluding ortho intramolecular Hbond substituents is 2. The standard InChI is InChI=1S/C22H20N2O8S2.Co.2Na/c25-21-6-4-19(33(27,28)29)9-17(21)13-23-11-15-2-1-3-16(8-15)12-24-14-18-10-20(34(30,31)32)5-7-22(18)26;;;/h1-10,13-14,25-26H,11-12H2,(H,27,28,29)(H,30,31,32);;;/q;;2*+1/p-2. The summed E-state index contributed by atoms with van der Waals surface area (Å²) in [6.07, 6.45) is 2.52. The third-order valence-corrected chi connectivity index (χ3v) is 6.24. The van der Waals surface area contributed by atoms with E-state index in [2.05, 4.69) is 9.98 Å². The third-order valence-electron chi connectivity index (χ3n) is 4.58. The summed E-state index contributed by atoms with van der Waals surface area (Å²) in [5, 5.41) is 19.7. The van der Waals surface area contributed by atoms with E-state index in [0.29, 0.717) is 0 Å². The smallest absolute Gasteiger partial charge is 0.744 e. The van der Waals surface area contributed by atoms with Crippen LogP contribution in [0.3, 0.4) is 0 Å². The summed E-state index contributed by atoms with van der Waals surface area (Å²) in [7, 11) is -9.33. The van der Waals surface area contributed by atoms with Crippen molar-refractivity contribution in [3.05, 3.63) is 82.9 Å². The zero-order valence-electron chi connectivity index (χ0n) is 19.7. The Hall–Kier alpha value is -1.07. The van der Waals surface area contributed by atoms with E-state index in [4.69, 9.17) is 0 Å². The molecule has 0 spiro atoms. The van der Waals surface area contributed by atoms with E-state index in [-0.39, 0.29) is 112 Å². The summed E-state index contributed by atoms with van der Waals surface area (Å²) < 4.78 is 66.8. The number of aliphatic imine (C=N–C) groups is 2. The van der Waals surface area contributed by atoms with Crippen LogP contribution >= 0.6 is 0 Å². The molecule has 0 heterocycles. The Morgan fingerprint density at radius 1 is 0.676 bits per heavy atom. The Morgan fingerprint density at radius 3 is 1.41 bits per heavy atom. The predicted molar refractivity (Wildman–Crippen MR) is 121 cm³/mol. The van der Waals surface area contributed by atoms with E-state index in [1.807, 2.05) is 0 Å². The second kappa shape index (κ2) is 15.5. The average Bonchev–Trinajstić information content (AvgIpc) is 2.75. The molecule has 0 saturated carbocycles. The van der Waals surface area contributed by atoms with Gasteiger partial charge in [-0.1, -0.05) is 24.3 Å². The maximum absolute atomic E-state index is 11.1. The fourth-order valence-electron chi connectivity index (χ4n) is 2.91. The van der Waals surface area contributed by atoms with Gasteiger partial charge in [0.1, 0.15) is 31.7 Å². The van der Waals surface area contributed by atoms with E-state index in [9.17, 15) is 36.2 Å².